The van der Waals surface area contributed by atoms with E-state index in [1.165, 1.54) is 15.8 Å². The van der Waals surface area contributed by atoms with E-state index in [0.717, 1.165) is 0 Å². The number of sulfone groups is 1. The van der Waals surface area contributed by atoms with Crippen molar-refractivity contribution in [2.75, 3.05) is 13.1 Å². The second-order valence-corrected chi connectivity index (χ2v) is 8.06. The number of benzene rings is 1. The number of hydrogen-bond donors (Lipinski definition) is 0. The number of carbonyl (C=O) groups is 1. The first-order valence-electron chi connectivity index (χ1n) is 6.53. The average molecular weight is 385 g/mol. The Morgan fingerprint density at radius 3 is 2.59 bits per heavy atom. The maximum atomic E-state index is 12.4. The van der Waals surface area contributed by atoms with Gasteiger partial charge in [-0.1, -0.05) is 12.1 Å². The van der Waals surface area contributed by atoms with Crippen LogP contribution in [0.3, 0.4) is 0 Å². The van der Waals surface area contributed by atoms with Crippen molar-refractivity contribution in [1.29, 1.82) is 0 Å². The molecule has 22 heavy (non-hydrogen) atoms. The van der Waals surface area contributed by atoms with Crippen LogP contribution in [0.15, 0.2) is 40.2 Å². The molecule has 0 bridgehead atoms. The number of rotatable bonds is 3. The number of nitrogens with zero attached hydrogens (tertiary/aromatic N) is 4. The van der Waals surface area contributed by atoms with Crippen molar-refractivity contribution in [1.82, 2.24) is 19.7 Å². The van der Waals surface area contributed by atoms with Gasteiger partial charge in [-0.15, -0.1) is 10.2 Å². The van der Waals surface area contributed by atoms with Gasteiger partial charge in [0.15, 0.2) is 0 Å². The van der Waals surface area contributed by atoms with E-state index >= 15 is 0 Å². The zero-order chi connectivity index (χ0) is 15.9. The largest absolute Gasteiger partial charge is 0.336 e. The molecule has 1 saturated heterocycles. The first-order valence-corrected chi connectivity index (χ1v) is 8.87. The van der Waals surface area contributed by atoms with E-state index < -0.39 is 15.1 Å². The summed E-state index contributed by atoms with van der Waals surface area (Å²) in [5.74, 6) is -0.183. The van der Waals surface area contributed by atoms with Gasteiger partial charge in [0.1, 0.15) is 11.6 Å². The van der Waals surface area contributed by atoms with Gasteiger partial charge in [-0.25, -0.2) is 8.42 Å². The molecule has 9 heteroatoms. The summed E-state index contributed by atoms with van der Waals surface area (Å²) in [6.07, 6.45) is 1.34. The molecule has 116 valence electrons. The molecule has 0 saturated carbocycles. The Labute approximate surface area is 136 Å². The van der Waals surface area contributed by atoms with Gasteiger partial charge in [0.05, 0.1) is 5.56 Å². The molecule has 0 N–H and O–H groups in total. The van der Waals surface area contributed by atoms with Crippen molar-refractivity contribution in [2.45, 2.75) is 10.4 Å². The fourth-order valence-electron chi connectivity index (χ4n) is 2.28. The molecule has 2 aromatic rings. The Morgan fingerprint density at radius 1 is 1.32 bits per heavy atom. The predicted molar refractivity (Wildman–Crippen MR) is 82.0 cm³/mol. The highest BCUT2D eigenvalue weighted by molar-refractivity contribution is 9.10. The Hall–Kier alpha value is -1.74. The molecule has 1 aromatic carbocycles. The third-order valence-electron chi connectivity index (χ3n) is 3.60. The van der Waals surface area contributed by atoms with Gasteiger partial charge >= 0.3 is 0 Å². The van der Waals surface area contributed by atoms with Crippen molar-refractivity contribution in [3.63, 3.8) is 0 Å². The molecule has 1 amide bonds. The second kappa shape index (κ2) is 5.47. The Morgan fingerprint density at radius 2 is 2.00 bits per heavy atom. The molecule has 2 heterocycles. The van der Waals surface area contributed by atoms with Crippen molar-refractivity contribution in [3.05, 3.63) is 40.6 Å². The van der Waals surface area contributed by atoms with Crippen LogP contribution in [0.25, 0.3) is 0 Å². The molecule has 0 spiro atoms. The van der Waals surface area contributed by atoms with E-state index in [0.29, 0.717) is 10.0 Å². The SMILES string of the molecule is Cn1cnnc1S(=O)(=O)C1CN(C(=O)c2ccccc2Br)C1. The zero-order valence-electron chi connectivity index (χ0n) is 11.7. The maximum absolute atomic E-state index is 12.4. The molecule has 0 atom stereocenters. The Bertz CT molecular complexity index is 827. The van der Waals surface area contributed by atoms with Crippen LogP contribution in [-0.2, 0) is 16.9 Å². The van der Waals surface area contributed by atoms with Crippen LogP contribution in [0.4, 0.5) is 0 Å². The second-order valence-electron chi connectivity index (χ2n) is 5.08. The molecule has 7 nitrogen and oxygen atoms in total. The molecule has 0 aliphatic carbocycles. The summed E-state index contributed by atoms with van der Waals surface area (Å²) in [7, 11) is -1.99. The van der Waals surface area contributed by atoms with Gasteiger partial charge in [0, 0.05) is 24.6 Å². The molecular weight excluding hydrogens is 372 g/mol. The smallest absolute Gasteiger partial charge is 0.255 e. The number of aryl methyl sites for hydroxylation is 1. The van der Waals surface area contributed by atoms with Gasteiger partial charge in [-0.2, -0.15) is 0 Å². The fraction of sp³-hybridized carbons (Fsp3) is 0.308. The first-order chi connectivity index (χ1) is 10.4. The normalized spacial score (nSPS) is 15.6. The lowest BCUT2D eigenvalue weighted by molar-refractivity contribution is 0.0657. The van der Waals surface area contributed by atoms with Gasteiger partial charge in [0.25, 0.3) is 5.91 Å². The van der Waals surface area contributed by atoms with Gasteiger partial charge in [0.2, 0.25) is 15.0 Å². The highest BCUT2D eigenvalue weighted by atomic mass is 79.9. The summed E-state index contributed by atoms with van der Waals surface area (Å²) in [5.41, 5.74) is 0.525. The monoisotopic (exact) mass is 384 g/mol. The zero-order valence-corrected chi connectivity index (χ0v) is 14.1. The first kappa shape index (κ1) is 15.2. The van der Waals surface area contributed by atoms with E-state index in [2.05, 4.69) is 26.1 Å². The van der Waals surface area contributed by atoms with Crippen LogP contribution in [0.1, 0.15) is 10.4 Å². The van der Waals surface area contributed by atoms with Crippen LogP contribution in [0.5, 0.6) is 0 Å². The van der Waals surface area contributed by atoms with Crippen molar-refractivity contribution in [3.8, 4) is 0 Å². The van der Waals surface area contributed by atoms with Gasteiger partial charge in [-0.05, 0) is 28.1 Å². The highest BCUT2D eigenvalue weighted by Gasteiger charge is 2.43. The minimum absolute atomic E-state index is 0.0644. The Balaban J connectivity index is 1.74. The number of likely N-dealkylation sites (tertiary alicyclic amines) is 1. The van der Waals surface area contributed by atoms with Gasteiger partial charge in [-0.3, -0.25) is 4.79 Å². The average Bonchev–Trinajstić information content (AvgIpc) is 2.84. The molecular formula is C13H13BrN4O3S. The molecule has 1 aliphatic heterocycles. The predicted octanol–water partition coefficient (Wildman–Crippen LogP) is 0.876. The molecule has 0 radical (unpaired) electrons. The van der Waals surface area contributed by atoms with Crippen molar-refractivity contribution < 1.29 is 13.2 Å². The number of amides is 1. The lowest BCUT2D eigenvalue weighted by Crippen LogP contribution is -2.57. The van der Waals surface area contributed by atoms with E-state index in [1.807, 2.05) is 6.07 Å². The minimum atomic E-state index is -3.56. The summed E-state index contributed by atoms with van der Waals surface area (Å²) in [5, 5.41) is 6.53. The lowest BCUT2D eigenvalue weighted by atomic mass is 10.1. The van der Waals surface area contributed by atoms with E-state index in [4.69, 9.17) is 0 Å². The third-order valence-corrected chi connectivity index (χ3v) is 6.35. The Kier molecular flexibility index (Phi) is 3.77. The molecule has 1 aliphatic rings. The third kappa shape index (κ3) is 2.44. The van der Waals surface area contributed by atoms with Crippen molar-refractivity contribution >= 4 is 31.7 Å². The number of hydrogen-bond acceptors (Lipinski definition) is 5. The summed E-state index contributed by atoms with van der Waals surface area (Å²) in [4.78, 5) is 13.9. The molecule has 0 unspecified atom stereocenters. The topological polar surface area (TPSA) is 85.2 Å². The summed E-state index contributed by atoms with van der Waals surface area (Å²) in [6, 6.07) is 7.07. The van der Waals surface area contributed by atoms with E-state index in [-0.39, 0.29) is 24.2 Å². The number of carbonyl (C=O) groups excluding carboxylic acids is 1. The molecule has 1 fully saturated rings. The quantitative estimate of drug-likeness (QED) is 0.783. The van der Waals surface area contributed by atoms with Crippen LogP contribution < -0.4 is 0 Å². The van der Waals surface area contributed by atoms with Crippen molar-refractivity contribution in [2.24, 2.45) is 7.05 Å². The lowest BCUT2D eigenvalue weighted by Gasteiger charge is -2.38. The van der Waals surface area contributed by atoms with Crippen LogP contribution in [0, 0.1) is 0 Å². The van der Waals surface area contributed by atoms with Crippen LogP contribution in [0.2, 0.25) is 0 Å². The number of halogens is 1. The molecule has 1 aromatic heterocycles. The highest BCUT2D eigenvalue weighted by Crippen LogP contribution is 2.25. The minimum Gasteiger partial charge on any atom is -0.336 e. The fourth-order valence-corrected chi connectivity index (χ4v) is 4.40. The van der Waals surface area contributed by atoms with E-state index in [1.54, 1.807) is 25.2 Å². The summed E-state index contributed by atoms with van der Waals surface area (Å²) in [6.45, 7) is 0.324. The summed E-state index contributed by atoms with van der Waals surface area (Å²) < 4.78 is 26.9. The van der Waals surface area contributed by atoms with E-state index in [9.17, 15) is 13.2 Å². The standard InChI is InChI=1S/C13H13BrN4O3S/c1-17-8-15-16-13(17)22(20,21)9-6-18(7-9)12(19)10-4-2-3-5-11(10)14/h2-5,8-9H,6-7H2,1H3. The van der Waals surface area contributed by atoms with Gasteiger partial charge < -0.3 is 9.47 Å². The number of aromatic nitrogens is 3. The van der Waals surface area contributed by atoms with Crippen LogP contribution >= 0.6 is 15.9 Å². The van der Waals surface area contributed by atoms with Crippen LogP contribution in [-0.4, -0.2) is 52.3 Å². The summed E-state index contributed by atoms with van der Waals surface area (Å²) >= 11 is 3.33. The maximum Gasteiger partial charge on any atom is 0.255 e. The molecule has 3 rings (SSSR count).